The fraction of sp³-hybridized carbons (Fsp3) is 0.700. The highest BCUT2D eigenvalue weighted by Crippen LogP contribution is 2.10. The van der Waals surface area contributed by atoms with E-state index in [4.69, 9.17) is 4.74 Å². The monoisotopic (exact) mass is 338 g/mol. The van der Waals surface area contributed by atoms with Crippen molar-refractivity contribution in [1.29, 1.82) is 0 Å². The van der Waals surface area contributed by atoms with E-state index in [0.29, 0.717) is 6.73 Å². The van der Waals surface area contributed by atoms with Crippen molar-refractivity contribution in [2.24, 2.45) is 0 Å². The molecule has 1 rings (SSSR count). The zero-order valence-corrected chi connectivity index (χ0v) is 13.0. The van der Waals surface area contributed by atoms with Gasteiger partial charge in [-0.15, -0.1) is 0 Å². The summed E-state index contributed by atoms with van der Waals surface area (Å²) in [5.74, 6) is 1.02. The minimum Gasteiger partial charge on any atom is -0.361 e. The van der Waals surface area contributed by atoms with Crippen molar-refractivity contribution in [3.05, 3.63) is 15.7 Å². The molecule has 5 heteroatoms. The van der Waals surface area contributed by atoms with Crippen LogP contribution in [-0.2, 0) is 11.5 Å². The average Bonchev–Trinajstić information content (AvgIpc) is 2.40. The summed E-state index contributed by atoms with van der Waals surface area (Å²) in [4.78, 5) is 4.23. The predicted octanol–water partition coefficient (Wildman–Crippen LogP) is 3.11. The highest BCUT2D eigenvalue weighted by Gasteiger charge is 2.12. The molecule has 0 fully saturated rings. The van der Waals surface area contributed by atoms with Gasteiger partial charge in [0.1, 0.15) is 16.3 Å². The van der Waals surface area contributed by atoms with Crippen LogP contribution in [0.4, 0.5) is 0 Å². The van der Waals surface area contributed by atoms with Gasteiger partial charge in [-0.1, -0.05) is 19.6 Å². The van der Waals surface area contributed by atoms with Crippen molar-refractivity contribution >= 4 is 30.7 Å². The predicted molar refractivity (Wildman–Crippen MR) is 73.8 cm³/mol. The number of hydrogen-bond acceptors (Lipinski definition) is 2. The van der Waals surface area contributed by atoms with E-state index in [1.807, 2.05) is 13.1 Å². The van der Waals surface area contributed by atoms with Crippen LogP contribution >= 0.6 is 22.6 Å². The van der Waals surface area contributed by atoms with Gasteiger partial charge >= 0.3 is 0 Å². The van der Waals surface area contributed by atoms with E-state index in [1.54, 1.807) is 0 Å². The van der Waals surface area contributed by atoms with Gasteiger partial charge in [0.2, 0.25) is 0 Å². The Kier molecular flexibility index (Phi) is 4.79. The number of rotatable bonds is 5. The van der Waals surface area contributed by atoms with Gasteiger partial charge in [-0.25, -0.2) is 4.98 Å². The van der Waals surface area contributed by atoms with Gasteiger partial charge in [0, 0.05) is 14.7 Å². The van der Waals surface area contributed by atoms with Gasteiger partial charge in [-0.05, 0) is 35.6 Å². The standard InChI is InChI=1S/C10H19IN2OSi/c1-9-12-7-10(11)13(9)8-14-5-6-15(2,3)4/h7H,5-6,8H2,1-4H3. The molecule has 3 nitrogen and oxygen atoms in total. The normalized spacial score (nSPS) is 12.1. The fourth-order valence-electron chi connectivity index (χ4n) is 1.13. The van der Waals surface area contributed by atoms with E-state index in [9.17, 15) is 0 Å². The molecular weight excluding hydrogens is 319 g/mol. The smallest absolute Gasteiger partial charge is 0.124 e. The van der Waals surface area contributed by atoms with Crippen LogP contribution in [-0.4, -0.2) is 24.2 Å². The lowest BCUT2D eigenvalue weighted by atomic mass is 10.7. The maximum atomic E-state index is 5.67. The lowest BCUT2D eigenvalue weighted by Crippen LogP contribution is -2.22. The number of hydrogen-bond donors (Lipinski definition) is 0. The highest BCUT2D eigenvalue weighted by molar-refractivity contribution is 14.1. The molecule has 0 N–H and O–H groups in total. The van der Waals surface area contributed by atoms with E-state index in [-0.39, 0.29) is 0 Å². The molecule has 1 heterocycles. The first-order valence-corrected chi connectivity index (χ1v) is 9.94. The molecule has 0 aliphatic heterocycles. The SMILES string of the molecule is Cc1ncc(I)n1COCC[Si](C)(C)C. The van der Waals surface area contributed by atoms with Gasteiger partial charge in [-0.2, -0.15) is 0 Å². The molecule has 0 unspecified atom stereocenters. The largest absolute Gasteiger partial charge is 0.361 e. The average molecular weight is 338 g/mol. The lowest BCUT2D eigenvalue weighted by Gasteiger charge is -2.16. The molecule has 0 saturated carbocycles. The first-order valence-electron chi connectivity index (χ1n) is 5.15. The number of ether oxygens (including phenoxy) is 1. The quantitative estimate of drug-likeness (QED) is 0.469. The number of halogens is 1. The van der Waals surface area contributed by atoms with Crippen LogP contribution in [0.15, 0.2) is 6.20 Å². The zero-order chi connectivity index (χ0) is 11.5. The molecule has 0 aromatic carbocycles. The topological polar surface area (TPSA) is 27.1 Å². The molecule has 0 amide bonds. The number of aryl methyl sites for hydroxylation is 1. The van der Waals surface area contributed by atoms with Gasteiger partial charge < -0.3 is 4.74 Å². The Bertz CT molecular complexity index is 300. The summed E-state index contributed by atoms with van der Waals surface area (Å²) in [6.45, 7) is 10.6. The maximum absolute atomic E-state index is 5.67. The van der Waals surface area contributed by atoms with Crippen LogP contribution in [0.1, 0.15) is 5.82 Å². The molecule has 15 heavy (non-hydrogen) atoms. The molecule has 0 bridgehead atoms. The molecule has 0 aliphatic rings. The van der Waals surface area contributed by atoms with Gasteiger partial charge in [0.05, 0.1) is 6.20 Å². The Labute approximate surface area is 106 Å². The number of aromatic nitrogens is 2. The second kappa shape index (κ2) is 5.45. The van der Waals surface area contributed by atoms with Gasteiger partial charge in [-0.3, -0.25) is 4.57 Å². The highest BCUT2D eigenvalue weighted by atomic mass is 127. The summed E-state index contributed by atoms with van der Waals surface area (Å²) in [7, 11) is -0.958. The van der Waals surface area contributed by atoms with E-state index < -0.39 is 8.07 Å². The second-order valence-electron chi connectivity index (χ2n) is 4.90. The zero-order valence-electron chi connectivity index (χ0n) is 9.88. The molecule has 86 valence electrons. The summed E-state index contributed by atoms with van der Waals surface area (Å²) in [5, 5.41) is 0. The van der Waals surface area contributed by atoms with Gasteiger partial charge in [0.25, 0.3) is 0 Å². The van der Waals surface area contributed by atoms with Crippen molar-refractivity contribution < 1.29 is 4.74 Å². The minimum atomic E-state index is -0.958. The Morgan fingerprint density at radius 1 is 1.47 bits per heavy atom. The Hall–Kier alpha value is 0.117. The van der Waals surface area contributed by atoms with Crippen molar-refractivity contribution in [2.45, 2.75) is 39.3 Å². The van der Waals surface area contributed by atoms with Crippen LogP contribution in [0.5, 0.6) is 0 Å². The van der Waals surface area contributed by atoms with Crippen LogP contribution in [0, 0.1) is 10.6 Å². The molecule has 0 atom stereocenters. The van der Waals surface area contributed by atoms with Gasteiger partial charge in [0.15, 0.2) is 0 Å². The molecule has 0 aliphatic carbocycles. The van der Waals surface area contributed by atoms with Crippen molar-refractivity contribution in [3.63, 3.8) is 0 Å². The van der Waals surface area contributed by atoms with Crippen LogP contribution < -0.4 is 0 Å². The van der Waals surface area contributed by atoms with Crippen molar-refractivity contribution in [1.82, 2.24) is 9.55 Å². The molecule has 0 radical (unpaired) electrons. The van der Waals surface area contributed by atoms with E-state index in [0.717, 1.165) is 16.1 Å². The summed E-state index contributed by atoms with van der Waals surface area (Å²) in [6, 6.07) is 1.22. The third kappa shape index (κ3) is 4.65. The maximum Gasteiger partial charge on any atom is 0.124 e. The third-order valence-electron chi connectivity index (χ3n) is 2.22. The lowest BCUT2D eigenvalue weighted by molar-refractivity contribution is 0.0841. The Morgan fingerprint density at radius 3 is 2.60 bits per heavy atom. The first-order chi connectivity index (χ1) is 6.90. The fourth-order valence-corrected chi connectivity index (χ4v) is 2.51. The van der Waals surface area contributed by atoms with Crippen molar-refractivity contribution in [2.75, 3.05) is 6.61 Å². The van der Waals surface area contributed by atoms with Crippen LogP contribution in [0.25, 0.3) is 0 Å². The number of nitrogens with zero attached hydrogens (tertiary/aromatic N) is 2. The van der Waals surface area contributed by atoms with E-state index >= 15 is 0 Å². The molecule has 0 saturated heterocycles. The van der Waals surface area contributed by atoms with E-state index in [2.05, 4.69) is 51.8 Å². The third-order valence-corrected chi connectivity index (χ3v) is 4.79. The van der Waals surface area contributed by atoms with Crippen LogP contribution in [0.3, 0.4) is 0 Å². The van der Waals surface area contributed by atoms with Crippen molar-refractivity contribution in [3.8, 4) is 0 Å². The molecular formula is C10H19IN2OSi. The second-order valence-corrected chi connectivity index (χ2v) is 11.6. The Morgan fingerprint density at radius 2 is 2.13 bits per heavy atom. The van der Waals surface area contributed by atoms with E-state index in [1.165, 1.54) is 6.04 Å². The summed E-state index contributed by atoms with van der Waals surface area (Å²) >= 11 is 2.28. The molecule has 1 aromatic rings. The summed E-state index contributed by atoms with van der Waals surface area (Å²) in [5.41, 5.74) is 0. The van der Waals surface area contributed by atoms with Crippen LogP contribution in [0.2, 0.25) is 25.7 Å². The number of imidazole rings is 1. The molecule has 1 aromatic heterocycles. The minimum absolute atomic E-state index is 0.634. The molecule has 0 spiro atoms. The summed E-state index contributed by atoms with van der Waals surface area (Å²) in [6.07, 6.45) is 1.87. The summed E-state index contributed by atoms with van der Waals surface area (Å²) < 4.78 is 8.89. The first kappa shape index (κ1) is 13.2. The Balaban J connectivity index is 2.32.